The van der Waals surface area contributed by atoms with Crippen molar-refractivity contribution in [2.24, 2.45) is 0 Å². The summed E-state index contributed by atoms with van der Waals surface area (Å²) in [6.07, 6.45) is 5.21. The lowest BCUT2D eigenvalue weighted by Gasteiger charge is -2.19. The number of aromatic nitrogens is 3. The first-order valence-corrected chi connectivity index (χ1v) is 8.10. The Hall–Kier alpha value is -2.12. The number of hydrogen-bond donors (Lipinski definition) is 2. The highest BCUT2D eigenvalue weighted by atomic mass is 32.2. The highest BCUT2D eigenvalue weighted by Gasteiger charge is 2.17. The van der Waals surface area contributed by atoms with Crippen molar-refractivity contribution in [2.75, 3.05) is 10.6 Å². The van der Waals surface area contributed by atoms with Gasteiger partial charge in [-0.3, -0.25) is 0 Å². The van der Waals surface area contributed by atoms with E-state index in [2.05, 4.69) is 43.8 Å². The van der Waals surface area contributed by atoms with Crippen molar-refractivity contribution in [3.05, 3.63) is 47.7 Å². The lowest BCUT2D eigenvalue weighted by Crippen LogP contribution is -2.05. The maximum Gasteiger partial charge on any atom is 0.182 e. The zero-order valence-corrected chi connectivity index (χ0v) is 12.5. The molecule has 0 radical (unpaired) electrons. The lowest BCUT2D eigenvalue weighted by molar-refractivity contribution is 1.04. The molecule has 104 valence electrons. The molecule has 0 unspecified atom stereocenters. The van der Waals surface area contributed by atoms with E-state index in [0.29, 0.717) is 0 Å². The lowest BCUT2D eigenvalue weighted by atomic mass is 10.2. The van der Waals surface area contributed by atoms with Crippen molar-refractivity contribution in [1.29, 1.82) is 0 Å². The number of hydrogen-bond acceptors (Lipinski definition) is 7. The topological polar surface area (TPSA) is 62.7 Å². The van der Waals surface area contributed by atoms with Crippen molar-refractivity contribution in [3.63, 3.8) is 0 Å². The van der Waals surface area contributed by atoms with Crippen LogP contribution >= 0.6 is 23.1 Å². The van der Waals surface area contributed by atoms with E-state index in [4.69, 9.17) is 0 Å². The molecule has 2 aromatic heterocycles. The van der Waals surface area contributed by atoms with Crippen LogP contribution in [0.5, 0.6) is 0 Å². The predicted molar refractivity (Wildman–Crippen MR) is 85.3 cm³/mol. The molecule has 21 heavy (non-hydrogen) atoms. The van der Waals surface area contributed by atoms with Crippen molar-refractivity contribution < 1.29 is 0 Å². The molecule has 0 fully saturated rings. The largest absolute Gasteiger partial charge is 0.357 e. The number of fused-ring (bicyclic) bond motifs is 2. The average Bonchev–Trinajstić information content (AvgIpc) is 3.04. The van der Waals surface area contributed by atoms with Crippen molar-refractivity contribution in [1.82, 2.24) is 15.0 Å². The predicted octanol–water partition coefficient (Wildman–Crippen LogP) is 3.75. The third-order valence-corrected chi connectivity index (χ3v) is 4.84. The highest BCUT2D eigenvalue weighted by molar-refractivity contribution is 7.99. The summed E-state index contributed by atoms with van der Waals surface area (Å²) in [5, 5.41) is 10.5. The third-order valence-electron chi connectivity index (χ3n) is 3.04. The Bertz CT molecular complexity index is 773. The second kappa shape index (κ2) is 5.34. The second-order valence-electron chi connectivity index (χ2n) is 4.46. The zero-order valence-electron chi connectivity index (χ0n) is 10.9. The van der Waals surface area contributed by atoms with Crippen LogP contribution in [0.25, 0.3) is 0 Å². The van der Waals surface area contributed by atoms with Gasteiger partial charge >= 0.3 is 0 Å². The molecule has 1 aliphatic heterocycles. The summed E-state index contributed by atoms with van der Waals surface area (Å²) >= 11 is 3.24. The van der Waals surface area contributed by atoms with Gasteiger partial charge in [0, 0.05) is 35.4 Å². The Labute approximate surface area is 129 Å². The molecule has 0 atom stereocenters. The summed E-state index contributed by atoms with van der Waals surface area (Å²) in [5.41, 5.74) is 2.27. The van der Waals surface area contributed by atoms with Crippen LogP contribution in [0.1, 0.15) is 5.56 Å². The minimum atomic E-state index is 0.750. The van der Waals surface area contributed by atoms with Gasteiger partial charge < -0.3 is 10.6 Å². The summed E-state index contributed by atoms with van der Waals surface area (Å²) in [7, 11) is 0. The first-order valence-electron chi connectivity index (χ1n) is 6.41. The van der Waals surface area contributed by atoms with Crippen LogP contribution in [-0.2, 0) is 6.54 Å². The Morgan fingerprint density at radius 1 is 1.10 bits per heavy atom. The van der Waals surface area contributed by atoms with E-state index in [1.54, 1.807) is 41.7 Å². The summed E-state index contributed by atoms with van der Waals surface area (Å²) < 4.78 is 0. The quantitative estimate of drug-likeness (QED) is 0.600. The van der Waals surface area contributed by atoms with E-state index in [0.717, 1.165) is 28.2 Å². The van der Waals surface area contributed by atoms with E-state index < -0.39 is 0 Å². The van der Waals surface area contributed by atoms with Gasteiger partial charge in [0.1, 0.15) is 5.03 Å². The summed E-state index contributed by atoms with van der Waals surface area (Å²) in [6.45, 7) is 0.750. The molecule has 4 rings (SSSR count). The van der Waals surface area contributed by atoms with E-state index in [-0.39, 0.29) is 0 Å². The minimum Gasteiger partial charge on any atom is -0.357 e. The fourth-order valence-corrected chi connectivity index (χ4v) is 3.49. The van der Waals surface area contributed by atoms with Crippen LogP contribution in [0.15, 0.2) is 52.1 Å². The molecule has 3 aromatic rings. The normalized spacial score (nSPS) is 12.2. The van der Waals surface area contributed by atoms with Gasteiger partial charge in [0.2, 0.25) is 0 Å². The molecule has 1 aromatic carbocycles. The Balaban J connectivity index is 1.55. The van der Waals surface area contributed by atoms with Crippen molar-refractivity contribution in [2.45, 2.75) is 16.5 Å². The fourth-order valence-electron chi connectivity index (χ4n) is 2.08. The third kappa shape index (κ3) is 2.57. The molecule has 0 saturated carbocycles. The van der Waals surface area contributed by atoms with Gasteiger partial charge in [-0.25, -0.2) is 15.0 Å². The SMILES string of the molecule is c1csc(NCc2ccc3c(c2)Nc2nccnc2S3)n1. The molecule has 3 heterocycles. The van der Waals surface area contributed by atoms with Crippen LogP contribution in [-0.4, -0.2) is 15.0 Å². The van der Waals surface area contributed by atoms with E-state index in [9.17, 15) is 0 Å². The Morgan fingerprint density at radius 3 is 2.95 bits per heavy atom. The maximum atomic E-state index is 4.33. The molecule has 1 aliphatic rings. The van der Waals surface area contributed by atoms with Crippen LogP contribution in [0.3, 0.4) is 0 Å². The van der Waals surface area contributed by atoms with Gasteiger partial charge in [-0.1, -0.05) is 17.8 Å². The molecule has 0 spiro atoms. The molecule has 0 aliphatic carbocycles. The number of nitrogens with zero attached hydrogens (tertiary/aromatic N) is 3. The van der Waals surface area contributed by atoms with E-state index in [1.807, 2.05) is 5.38 Å². The molecule has 7 heteroatoms. The fraction of sp³-hybridized carbons (Fsp3) is 0.0714. The van der Waals surface area contributed by atoms with Gasteiger partial charge in [0.15, 0.2) is 10.9 Å². The Kier molecular flexibility index (Phi) is 3.21. The number of anilines is 3. The minimum absolute atomic E-state index is 0.750. The zero-order chi connectivity index (χ0) is 14.1. The smallest absolute Gasteiger partial charge is 0.182 e. The van der Waals surface area contributed by atoms with Crippen LogP contribution < -0.4 is 10.6 Å². The molecule has 0 saturated heterocycles. The average molecular weight is 313 g/mol. The van der Waals surface area contributed by atoms with Crippen molar-refractivity contribution >= 4 is 39.7 Å². The maximum absolute atomic E-state index is 4.33. The van der Waals surface area contributed by atoms with E-state index >= 15 is 0 Å². The first-order chi connectivity index (χ1) is 10.4. The summed E-state index contributed by atoms with van der Waals surface area (Å²) in [4.78, 5) is 14.0. The number of benzene rings is 1. The van der Waals surface area contributed by atoms with Crippen LogP contribution in [0, 0.1) is 0 Å². The van der Waals surface area contributed by atoms with Gasteiger partial charge in [-0.2, -0.15) is 0 Å². The van der Waals surface area contributed by atoms with Crippen LogP contribution in [0.2, 0.25) is 0 Å². The molecular weight excluding hydrogens is 302 g/mol. The first kappa shape index (κ1) is 12.6. The van der Waals surface area contributed by atoms with Gasteiger partial charge in [0.25, 0.3) is 0 Å². The number of thiazole rings is 1. The molecular formula is C14H11N5S2. The molecule has 0 amide bonds. The monoisotopic (exact) mass is 313 g/mol. The number of rotatable bonds is 3. The molecule has 2 N–H and O–H groups in total. The second-order valence-corrected chi connectivity index (χ2v) is 6.38. The summed E-state index contributed by atoms with van der Waals surface area (Å²) in [6, 6.07) is 6.37. The summed E-state index contributed by atoms with van der Waals surface area (Å²) in [5.74, 6) is 0.819. The van der Waals surface area contributed by atoms with Gasteiger partial charge in [-0.05, 0) is 17.7 Å². The molecule has 5 nitrogen and oxygen atoms in total. The van der Waals surface area contributed by atoms with Gasteiger partial charge in [-0.15, -0.1) is 11.3 Å². The Morgan fingerprint density at radius 2 is 2.05 bits per heavy atom. The van der Waals surface area contributed by atoms with E-state index in [1.165, 1.54) is 10.5 Å². The number of nitrogens with one attached hydrogen (secondary N) is 2. The molecule has 0 bridgehead atoms. The van der Waals surface area contributed by atoms with Crippen molar-refractivity contribution in [3.8, 4) is 0 Å². The highest BCUT2D eigenvalue weighted by Crippen LogP contribution is 2.42. The standard InChI is InChI=1S/C14H11N5S2/c1-2-11-10(19-12-13(21-11)16-4-3-15-12)7-9(1)8-18-14-17-5-6-20-14/h1-7H,8H2,(H,15,19)(H,17,18). The van der Waals surface area contributed by atoms with Gasteiger partial charge in [0.05, 0.1) is 5.69 Å². The van der Waals surface area contributed by atoms with Crippen LogP contribution in [0.4, 0.5) is 16.6 Å².